The van der Waals surface area contributed by atoms with E-state index in [1.54, 1.807) is 6.92 Å². The van der Waals surface area contributed by atoms with Crippen LogP contribution in [0.4, 0.5) is 0 Å². The number of hydrogen-bond acceptors (Lipinski definition) is 1. The Bertz CT molecular complexity index is 471. The van der Waals surface area contributed by atoms with Crippen molar-refractivity contribution in [2.24, 2.45) is 0 Å². The molecule has 0 aliphatic rings. The molecule has 0 N–H and O–H groups in total. The van der Waals surface area contributed by atoms with Crippen LogP contribution in [0.25, 0.3) is 0 Å². The van der Waals surface area contributed by atoms with Crippen LogP contribution in [0.1, 0.15) is 6.92 Å². The SMILES string of the molecule is CC(Cl)C(=O)P(c1ccccc1)c1ccccc1. The van der Waals surface area contributed by atoms with Crippen LogP contribution in [-0.2, 0) is 4.79 Å². The quantitative estimate of drug-likeness (QED) is 0.619. The van der Waals surface area contributed by atoms with E-state index in [1.807, 2.05) is 60.7 Å². The van der Waals surface area contributed by atoms with Gasteiger partial charge in [0.15, 0.2) is 5.52 Å². The first-order chi connectivity index (χ1) is 8.70. The van der Waals surface area contributed by atoms with E-state index < -0.39 is 13.3 Å². The van der Waals surface area contributed by atoms with E-state index in [1.165, 1.54) is 0 Å². The topological polar surface area (TPSA) is 17.1 Å². The van der Waals surface area contributed by atoms with Crippen molar-refractivity contribution in [2.75, 3.05) is 0 Å². The van der Waals surface area contributed by atoms with Gasteiger partial charge in [-0.25, -0.2) is 0 Å². The first-order valence-electron chi connectivity index (χ1n) is 5.78. The van der Waals surface area contributed by atoms with Crippen molar-refractivity contribution in [1.82, 2.24) is 0 Å². The van der Waals surface area contributed by atoms with Gasteiger partial charge in [-0.3, -0.25) is 4.79 Å². The molecule has 0 amide bonds. The number of hydrogen-bond donors (Lipinski definition) is 0. The van der Waals surface area contributed by atoms with Gasteiger partial charge >= 0.3 is 0 Å². The molecule has 0 saturated carbocycles. The predicted octanol–water partition coefficient (Wildman–Crippen LogP) is 3.27. The van der Waals surface area contributed by atoms with Gasteiger partial charge in [-0.2, -0.15) is 0 Å². The van der Waals surface area contributed by atoms with Gasteiger partial charge in [0.05, 0.1) is 5.38 Å². The standard InChI is InChI=1S/C15H14ClOP/c1-12(16)15(17)18(13-8-4-2-5-9-13)14-10-6-3-7-11-14/h2-12H,1H3. The number of benzene rings is 2. The van der Waals surface area contributed by atoms with Gasteiger partial charge in [-0.15, -0.1) is 11.6 Å². The maximum Gasteiger partial charge on any atom is 0.180 e. The van der Waals surface area contributed by atoms with Crippen molar-refractivity contribution in [3.05, 3.63) is 60.7 Å². The molecule has 0 radical (unpaired) electrons. The highest BCUT2D eigenvalue weighted by molar-refractivity contribution is 7.88. The molecule has 0 heterocycles. The Balaban J connectivity index is 2.45. The van der Waals surface area contributed by atoms with Gasteiger partial charge < -0.3 is 0 Å². The van der Waals surface area contributed by atoms with E-state index in [4.69, 9.17) is 11.6 Å². The molecule has 2 rings (SSSR count). The summed E-state index contributed by atoms with van der Waals surface area (Å²) in [6.45, 7) is 1.74. The van der Waals surface area contributed by atoms with Crippen molar-refractivity contribution in [2.45, 2.75) is 12.3 Å². The highest BCUT2D eigenvalue weighted by Crippen LogP contribution is 2.36. The highest BCUT2D eigenvalue weighted by atomic mass is 35.5. The van der Waals surface area contributed by atoms with Gasteiger partial charge in [-0.05, 0) is 17.5 Å². The fraction of sp³-hybridized carbons (Fsp3) is 0.133. The summed E-state index contributed by atoms with van der Waals surface area (Å²) in [6, 6.07) is 19.7. The van der Waals surface area contributed by atoms with Crippen molar-refractivity contribution in [3.8, 4) is 0 Å². The average Bonchev–Trinajstić information content (AvgIpc) is 2.41. The van der Waals surface area contributed by atoms with Crippen LogP contribution in [0.3, 0.4) is 0 Å². The number of alkyl halides is 1. The minimum atomic E-state index is -1.02. The minimum absolute atomic E-state index is 0.101. The van der Waals surface area contributed by atoms with E-state index in [9.17, 15) is 4.79 Å². The first kappa shape index (κ1) is 13.3. The first-order valence-corrected chi connectivity index (χ1v) is 7.56. The van der Waals surface area contributed by atoms with Gasteiger partial charge in [0, 0.05) is 7.92 Å². The summed E-state index contributed by atoms with van der Waals surface area (Å²) in [5.41, 5.74) is 0.101. The second-order valence-corrected chi connectivity index (χ2v) is 6.76. The highest BCUT2D eigenvalue weighted by Gasteiger charge is 2.25. The minimum Gasteiger partial charge on any atom is -0.292 e. The molecule has 0 saturated heterocycles. The van der Waals surface area contributed by atoms with Crippen LogP contribution in [-0.4, -0.2) is 10.9 Å². The van der Waals surface area contributed by atoms with Crippen LogP contribution in [0, 0.1) is 0 Å². The lowest BCUT2D eigenvalue weighted by atomic mass is 10.4. The van der Waals surface area contributed by atoms with E-state index >= 15 is 0 Å². The van der Waals surface area contributed by atoms with E-state index in [-0.39, 0.29) is 5.52 Å². The molecule has 1 nitrogen and oxygen atoms in total. The summed E-state index contributed by atoms with van der Waals surface area (Å²) in [7, 11) is -1.02. The zero-order valence-corrected chi connectivity index (χ0v) is 11.7. The maximum absolute atomic E-state index is 12.3. The normalized spacial score (nSPS) is 12.4. The molecule has 0 aromatic heterocycles. The predicted molar refractivity (Wildman–Crippen MR) is 79.4 cm³/mol. The van der Waals surface area contributed by atoms with Crippen molar-refractivity contribution < 1.29 is 4.79 Å². The van der Waals surface area contributed by atoms with Crippen molar-refractivity contribution >= 4 is 35.7 Å². The molecule has 0 aliphatic heterocycles. The lowest BCUT2D eigenvalue weighted by Gasteiger charge is -2.18. The van der Waals surface area contributed by atoms with Crippen LogP contribution in [0.2, 0.25) is 0 Å². The molecule has 92 valence electrons. The molecule has 0 fully saturated rings. The number of rotatable bonds is 4. The molecule has 3 heteroatoms. The zero-order chi connectivity index (χ0) is 13.0. The molecule has 1 unspecified atom stereocenters. The summed E-state index contributed by atoms with van der Waals surface area (Å²) in [5.74, 6) is 0. The molecule has 0 aliphatic carbocycles. The van der Waals surface area contributed by atoms with E-state index in [0.717, 1.165) is 10.6 Å². The van der Waals surface area contributed by atoms with Crippen LogP contribution in [0.5, 0.6) is 0 Å². The molecule has 0 spiro atoms. The second-order valence-electron chi connectivity index (χ2n) is 3.96. The monoisotopic (exact) mass is 276 g/mol. The maximum atomic E-state index is 12.3. The second kappa shape index (κ2) is 6.13. The number of carbonyl (C=O) groups is 1. The lowest BCUT2D eigenvalue weighted by Crippen LogP contribution is -2.22. The average molecular weight is 277 g/mol. The van der Waals surface area contributed by atoms with Crippen LogP contribution in [0.15, 0.2) is 60.7 Å². The largest absolute Gasteiger partial charge is 0.292 e. The summed E-state index contributed by atoms with van der Waals surface area (Å²) < 4.78 is 0. The lowest BCUT2D eigenvalue weighted by molar-refractivity contribution is -0.110. The Labute approximate surface area is 114 Å². The number of carbonyl (C=O) groups excluding carboxylic acids is 1. The third kappa shape index (κ3) is 2.98. The molecule has 1 atom stereocenters. The van der Waals surface area contributed by atoms with Crippen molar-refractivity contribution in [1.29, 1.82) is 0 Å². The van der Waals surface area contributed by atoms with Gasteiger partial charge in [-0.1, -0.05) is 60.7 Å². The molecular formula is C15H14ClOP. The summed E-state index contributed by atoms with van der Waals surface area (Å²) in [4.78, 5) is 12.3. The van der Waals surface area contributed by atoms with Crippen LogP contribution < -0.4 is 10.6 Å². The molecular weight excluding hydrogens is 263 g/mol. The van der Waals surface area contributed by atoms with Crippen LogP contribution >= 0.6 is 19.5 Å². The summed E-state index contributed by atoms with van der Waals surface area (Å²) in [5, 5.41) is 1.64. The Morgan fingerprint density at radius 3 is 1.67 bits per heavy atom. The van der Waals surface area contributed by atoms with Gasteiger partial charge in [0.2, 0.25) is 0 Å². The Morgan fingerprint density at radius 1 is 0.944 bits per heavy atom. The molecule has 18 heavy (non-hydrogen) atoms. The molecule has 2 aromatic rings. The van der Waals surface area contributed by atoms with Gasteiger partial charge in [0.25, 0.3) is 0 Å². The Kier molecular flexibility index (Phi) is 4.52. The van der Waals surface area contributed by atoms with Gasteiger partial charge in [0.1, 0.15) is 0 Å². The smallest absolute Gasteiger partial charge is 0.180 e. The third-order valence-corrected chi connectivity index (χ3v) is 5.40. The fourth-order valence-electron chi connectivity index (χ4n) is 1.74. The fourth-order valence-corrected chi connectivity index (χ4v) is 4.13. The third-order valence-electron chi connectivity index (χ3n) is 2.59. The molecule has 0 bridgehead atoms. The van der Waals surface area contributed by atoms with E-state index in [2.05, 4.69) is 0 Å². The number of halogens is 1. The summed E-state index contributed by atoms with van der Waals surface area (Å²) >= 11 is 5.99. The van der Waals surface area contributed by atoms with E-state index in [0.29, 0.717) is 0 Å². The zero-order valence-electron chi connectivity index (χ0n) is 10.1. The Hall–Kier alpha value is -1.17. The van der Waals surface area contributed by atoms with Crippen molar-refractivity contribution in [3.63, 3.8) is 0 Å². The molecule has 2 aromatic carbocycles. The summed E-state index contributed by atoms with van der Waals surface area (Å²) in [6.07, 6.45) is 0. The Morgan fingerprint density at radius 2 is 1.33 bits per heavy atom.